The fourth-order valence-corrected chi connectivity index (χ4v) is 2.06. The van der Waals surface area contributed by atoms with E-state index < -0.39 is 20.2 Å². The van der Waals surface area contributed by atoms with E-state index in [0.29, 0.717) is 25.7 Å². The van der Waals surface area contributed by atoms with Gasteiger partial charge in [0.25, 0.3) is 20.2 Å². The van der Waals surface area contributed by atoms with Gasteiger partial charge in [0.15, 0.2) is 0 Å². The van der Waals surface area contributed by atoms with E-state index in [0.717, 1.165) is 0 Å². The van der Waals surface area contributed by atoms with Crippen LogP contribution in [0.1, 0.15) is 28.5 Å². The van der Waals surface area contributed by atoms with Crippen LogP contribution in [0.5, 0.6) is 0 Å². The van der Waals surface area contributed by atoms with Gasteiger partial charge in [0, 0.05) is 0 Å². The predicted octanol–water partition coefficient (Wildman–Crippen LogP) is 0.167. The van der Waals surface area contributed by atoms with Gasteiger partial charge in [-0.15, -0.1) is 0 Å². The van der Waals surface area contributed by atoms with Crippen LogP contribution in [0, 0.1) is 0 Å². The summed E-state index contributed by atoms with van der Waals surface area (Å²) in [6, 6.07) is 0. The van der Waals surface area contributed by atoms with Gasteiger partial charge in [0.2, 0.25) is 0 Å². The molecule has 15 heavy (non-hydrogen) atoms. The van der Waals surface area contributed by atoms with E-state index in [4.69, 9.17) is 9.11 Å². The zero-order chi connectivity index (χ0) is 11.2. The zero-order valence-corrected chi connectivity index (χ0v) is 13.4. The van der Waals surface area contributed by atoms with Crippen LogP contribution in [0.15, 0.2) is 0 Å². The standard InChI is InChI=1S/C6H14O6S2.Sr.2H/c7-13(8,9)5-3-1-2-4-6-14(10,11)12;;;/h1-6H2,(H,7,8,9)(H,10,11,12);;;/q;+2;2*-1. The molecule has 0 atom stereocenters. The van der Waals surface area contributed by atoms with Gasteiger partial charge in [0.05, 0.1) is 11.5 Å². The topological polar surface area (TPSA) is 109 Å². The Kier molecular flexibility index (Phi) is 10.4. The molecule has 0 saturated carbocycles. The van der Waals surface area contributed by atoms with E-state index >= 15 is 0 Å². The maximum atomic E-state index is 10.2. The second-order valence-electron chi connectivity index (χ2n) is 2.99. The Hall–Kier alpha value is 1.30. The molecule has 0 unspecified atom stereocenters. The summed E-state index contributed by atoms with van der Waals surface area (Å²) in [5, 5.41) is 0. The monoisotopic (exact) mass is 336 g/mol. The molecule has 0 heterocycles. The average Bonchev–Trinajstić information content (AvgIpc) is 1.92. The number of hydrogen-bond acceptors (Lipinski definition) is 4. The molecular weight excluding hydrogens is 320 g/mol. The van der Waals surface area contributed by atoms with Gasteiger partial charge in [-0.05, 0) is 12.8 Å². The van der Waals surface area contributed by atoms with Crippen LogP contribution in [-0.4, -0.2) is 82.9 Å². The van der Waals surface area contributed by atoms with Gasteiger partial charge < -0.3 is 2.85 Å². The van der Waals surface area contributed by atoms with E-state index in [1.165, 1.54) is 0 Å². The van der Waals surface area contributed by atoms with E-state index in [9.17, 15) is 16.8 Å². The third kappa shape index (κ3) is 17.9. The minimum Gasteiger partial charge on any atom is -1.00 e. The largest absolute Gasteiger partial charge is 2.00 e. The summed E-state index contributed by atoms with van der Waals surface area (Å²) in [6.07, 6.45) is 1.61. The SMILES string of the molecule is O=S(=O)(O)CCCCCCS(=O)(=O)O.[H-].[H-].[Sr+2]. The van der Waals surface area contributed by atoms with Crippen molar-refractivity contribution in [2.45, 2.75) is 25.7 Å². The Labute approximate surface area is 130 Å². The smallest absolute Gasteiger partial charge is 1.00 e. The van der Waals surface area contributed by atoms with E-state index in [2.05, 4.69) is 0 Å². The molecule has 0 aliphatic carbocycles. The maximum Gasteiger partial charge on any atom is 2.00 e. The quantitative estimate of drug-likeness (QED) is 0.390. The Morgan fingerprint density at radius 3 is 1.20 bits per heavy atom. The molecule has 0 aliphatic rings. The summed E-state index contributed by atoms with van der Waals surface area (Å²) in [4.78, 5) is 0. The van der Waals surface area contributed by atoms with Crippen LogP contribution in [0.2, 0.25) is 0 Å². The van der Waals surface area contributed by atoms with Gasteiger partial charge in [-0.3, -0.25) is 9.11 Å². The summed E-state index contributed by atoms with van der Waals surface area (Å²) in [6.45, 7) is 0. The molecule has 0 aliphatic heterocycles. The fraction of sp³-hybridized carbons (Fsp3) is 1.00. The summed E-state index contributed by atoms with van der Waals surface area (Å²) >= 11 is 0. The maximum absolute atomic E-state index is 10.2. The molecule has 0 fully saturated rings. The van der Waals surface area contributed by atoms with Gasteiger partial charge in [-0.2, -0.15) is 16.8 Å². The third-order valence-electron chi connectivity index (χ3n) is 1.55. The molecule has 0 amide bonds. The molecule has 0 bridgehead atoms. The number of unbranched alkanes of at least 4 members (excludes halogenated alkanes) is 3. The molecule has 0 radical (unpaired) electrons. The third-order valence-corrected chi connectivity index (χ3v) is 3.16. The first-order valence-corrected chi connectivity index (χ1v) is 7.33. The average molecular weight is 336 g/mol. The first-order valence-electron chi connectivity index (χ1n) is 4.11. The van der Waals surface area contributed by atoms with Gasteiger partial charge in [-0.1, -0.05) is 12.8 Å². The molecule has 2 N–H and O–H groups in total. The minimum absolute atomic E-state index is 0. The van der Waals surface area contributed by atoms with Crippen LogP contribution in [-0.2, 0) is 20.2 Å². The van der Waals surface area contributed by atoms with Gasteiger partial charge in [0.1, 0.15) is 0 Å². The van der Waals surface area contributed by atoms with Crippen molar-refractivity contribution in [1.29, 1.82) is 0 Å². The van der Waals surface area contributed by atoms with Gasteiger partial charge in [-0.25, -0.2) is 0 Å². The van der Waals surface area contributed by atoms with Crippen LogP contribution in [0.25, 0.3) is 0 Å². The van der Waals surface area contributed by atoms with Crippen LogP contribution in [0.4, 0.5) is 0 Å². The van der Waals surface area contributed by atoms with Crippen molar-refractivity contribution in [3.05, 3.63) is 0 Å². The van der Waals surface area contributed by atoms with E-state index in [1.54, 1.807) is 0 Å². The van der Waals surface area contributed by atoms with Crippen molar-refractivity contribution in [3.63, 3.8) is 0 Å². The van der Waals surface area contributed by atoms with Crippen molar-refractivity contribution in [2.24, 2.45) is 0 Å². The van der Waals surface area contributed by atoms with Crippen molar-refractivity contribution < 1.29 is 28.8 Å². The second kappa shape index (κ2) is 8.40. The fourth-order valence-electron chi connectivity index (χ4n) is 0.922. The predicted molar refractivity (Wildman–Crippen MR) is 59.3 cm³/mol. The minimum atomic E-state index is -3.91. The van der Waals surface area contributed by atoms with E-state index in [-0.39, 0.29) is 59.8 Å². The summed E-state index contributed by atoms with van der Waals surface area (Å²) in [5.41, 5.74) is 0. The number of rotatable bonds is 7. The molecule has 0 aromatic carbocycles. The second-order valence-corrected chi connectivity index (χ2v) is 6.13. The summed E-state index contributed by atoms with van der Waals surface area (Å²) < 4.78 is 57.7. The van der Waals surface area contributed by atoms with Crippen LogP contribution in [0.3, 0.4) is 0 Å². The summed E-state index contributed by atoms with van der Waals surface area (Å²) in [7, 11) is -7.81. The van der Waals surface area contributed by atoms with Crippen molar-refractivity contribution in [3.8, 4) is 0 Å². The molecular formula is C6H16O6S2Sr. The normalized spacial score (nSPS) is 12.1. The molecule has 9 heteroatoms. The Bertz CT molecular complexity index is 319. The first kappa shape index (κ1) is 18.7. The molecule has 0 spiro atoms. The van der Waals surface area contributed by atoms with E-state index in [1.807, 2.05) is 0 Å². The van der Waals surface area contributed by atoms with Crippen molar-refractivity contribution >= 4 is 65.7 Å². The Morgan fingerprint density at radius 1 is 0.733 bits per heavy atom. The zero-order valence-electron chi connectivity index (χ0n) is 10.3. The van der Waals surface area contributed by atoms with Crippen LogP contribution >= 0.6 is 0 Å². The van der Waals surface area contributed by atoms with Crippen LogP contribution < -0.4 is 0 Å². The summed E-state index contributed by atoms with van der Waals surface area (Å²) in [5.74, 6) is -0.613. The Morgan fingerprint density at radius 2 is 1.00 bits per heavy atom. The molecule has 6 nitrogen and oxygen atoms in total. The molecule has 0 aromatic rings. The molecule has 90 valence electrons. The van der Waals surface area contributed by atoms with Crippen molar-refractivity contribution in [1.82, 2.24) is 0 Å². The van der Waals surface area contributed by atoms with Crippen molar-refractivity contribution in [2.75, 3.05) is 11.5 Å². The van der Waals surface area contributed by atoms with Gasteiger partial charge >= 0.3 is 45.5 Å². The molecule has 0 rings (SSSR count). The first-order chi connectivity index (χ1) is 6.21. The molecule has 0 saturated heterocycles. The molecule has 0 aromatic heterocycles. The number of hydrogen-bond donors (Lipinski definition) is 2. The Balaban J connectivity index is -0.000000282.